The van der Waals surface area contributed by atoms with Gasteiger partial charge in [0.2, 0.25) is 0 Å². The van der Waals surface area contributed by atoms with E-state index in [9.17, 15) is 4.39 Å². The van der Waals surface area contributed by atoms with E-state index in [1.165, 1.54) is 12.1 Å². The standard InChI is InChI=1S/C8H7FN2/c9-8-3-1-2-7(4-8)5-11-6-10/h1-4,11H,5H2. The average molecular weight is 150 g/mol. The summed E-state index contributed by atoms with van der Waals surface area (Å²) in [4.78, 5) is 0. The molecule has 1 aromatic rings. The Morgan fingerprint density at radius 3 is 3.00 bits per heavy atom. The second-order valence-electron chi connectivity index (χ2n) is 2.10. The van der Waals surface area contributed by atoms with Gasteiger partial charge in [0.15, 0.2) is 6.19 Å². The second kappa shape index (κ2) is 3.57. The van der Waals surface area contributed by atoms with E-state index >= 15 is 0 Å². The van der Waals surface area contributed by atoms with Gasteiger partial charge in [-0.1, -0.05) is 12.1 Å². The van der Waals surface area contributed by atoms with Crippen molar-refractivity contribution in [1.29, 1.82) is 5.26 Å². The van der Waals surface area contributed by atoms with Gasteiger partial charge in [0.1, 0.15) is 5.82 Å². The summed E-state index contributed by atoms with van der Waals surface area (Å²) in [7, 11) is 0. The van der Waals surface area contributed by atoms with Gasteiger partial charge in [0.05, 0.1) is 0 Å². The van der Waals surface area contributed by atoms with E-state index in [1.54, 1.807) is 18.3 Å². The Labute approximate surface area is 64.3 Å². The van der Waals surface area contributed by atoms with E-state index in [1.807, 2.05) is 0 Å². The zero-order valence-corrected chi connectivity index (χ0v) is 5.84. The molecule has 1 N–H and O–H groups in total. The lowest BCUT2D eigenvalue weighted by molar-refractivity contribution is 0.624. The molecule has 0 atom stereocenters. The van der Waals surface area contributed by atoms with Crippen LogP contribution in [0.15, 0.2) is 24.3 Å². The van der Waals surface area contributed by atoms with Crippen LogP contribution in [0.3, 0.4) is 0 Å². The molecule has 0 unspecified atom stereocenters. The predicted octanol–water partition coefficient (Wildman–Crippen LogP) is 1.40. The smallest absolute Gasteiger partial charge is 0.176 e. The molecule has 0 saturated heterocycles. The predicted molar refractivity (Wildman–Crippen MR) is 38.9 cm³/mol. The van der Waals surface area contributed by atoms with Gasteiger partial charge < -0.3 is 5.32 Å². The zero-order chi connectivity index (χ0) is 8.10. The van der Waals surface area contributed by atoms with Crippen molar-refractivity contribution in [2.24, 2.45) is 0 Å². The fourth-order valence-electron chi connectivity index (χ4n) is 0.789. The molecule has 3 heteroatoms. The maximum Gasteiger partial charge on any atom is 0.176 e. The van der Waals surface area contributed by atoms with E-state index in [0.29, 0.717) is 6.54 Å². The summed E-state index contributed by atoms with van der Waals surface area (Å²) < 4.78 is 12.5. The molecule has 56 valence electrons. The first kappa shape index (κ1) is 7.55. The molecule has 0 aromatic heterocycles. The second-order valence-corrected chi connectivity index (χ2v) is 2.10. The van der Waals surface area contributed by atoms with Crippen molar-refractivity contribution in [2.45, 2.75) is 6.54 Å². The molecule has 0 radical (unpaired) electrons. The highest BCUT2D eigenvalue weighted by molar-refractivity contribution is 5.16. The van der Waals surface area contributed by atoms with Gasteiger partial charge >= 0.3 is 0 Å². The molecular weight excluding hydrogens is 143 g/mol. The Morgan fingerprint density at radius 2 is 2.36 bits per heavy atom. The van der Waals surface area contributed by atoms with Crippen LogP contribution in [0.25, 0.3) is 0 Å². The summed E-state index contributed by atoms with van der Waals surface area (Å²) in [5, 5.41) is 10.6. The first-order valence-corrected chi connectivity index (χ1v) is 3.19. The van der Waals surface area contributed by atoms with Crippen molar-refractivity contribution < 1.29 is 4.39 Å². The first-order chi connectivity index (χ1) is 5.33. The number of nitrogens with zero attached hydrogens (tertiary/aromatic N) is 1. The van der Waals surface area contributed by atoms with Gasteiger partial charge in [0, 0.05) is 6.54 Å². The highest BCUT2D eigenvalue weighted by atomic mass is 19.1. The van der Waals surface area contributed by atoms with E-state index in [-0.39, 0.29) is 5.82 Å². The fourth-order valence-corrected chi connectivity index (χ4v) is 0.789. The maximum absolute atomic E-state index is 12.5. The molecule has 1 aromatic carbocycles. The highest BCUT2D eigenvalue weighted by Crippen LogP contribution is 2.01. The van der Waals surface area contributed by atoms with E-state index in [0.717, 1.165) is 5.56 Å². The summed E-state index contributed by atoms with van der Waals surface area (Å²) in [5.74, 6) is -0.276. The lowest BCUT2D eigenvalue weighted by atomic mass is 10.2. The highest BCUT2D eigenvalue weighted by Gasteiger charge is 1.92. The van der Waals surface area contributed by atoms with Gasteiger partial charge in [-0.3, -0.25) is 0 Å². The molecule has 1 rings (SSSR count). The summed E-state index contributed by atoms with van der Waals surface area (Å²) >= 11 is 0. The average Bonchev–Trinajstić information content (AvgIpc) is 2.01. The Kier molecular flexibility index (Phi) is 2.45. The normalized spacial score (nSPS) is 8.73. The van der Waals surface area contributed by atoms with Crippen molar-refractivity contribution >= 4 is 0 Å². The number of nitriles is 1. The minimum atomic E-state index is -0.276. The van der Waals surface area contributed by atoms with Crippen LogP contribution < -0.4 is 5.32 Å². The molecular formula is C8H7FN2. The number of benzene rings is 1. The fraction of sp³-hybridized carbons (Fsp3) is 0.125. The summed E-state index contributed by atoms with van der Waals surface area (Å²) in [5.41, 5.74) is 0.770. The molecule has 0 amide bonds. The summed E-state index contributed by atoms with van der Waals surface area (Å²) in [6.07, 6.45) is 1.76. The maximum atomic E-state index is 12.5. The Hall–Kier alpha value is -1.56. The third kappa shape index (κ3) is 2.26. The van der Waals surface area contributed by atoms with Crippen LogP contribution in [0.1, 0.15) is 5.56 Å². The van der Waals surface area contributed by atoms with Gasteiger partial charge in [-0.25, -0.2) is 4.39 Å². The molecule has 0 saturated carbocycles. The molecule has 0 fully saturated rings. The zero-order valence-electron chi connectivity index (χ0n) is 5.84. The van der Waals surface area contributed by atoms with Crippen LogP contribution in [0, 0.1) is 17.3 Å². The minimum absolute atomic E-state index is 0.276. The van der Waals surface area contributed by atoms with Crippen molar-refractivity contribution in [2.75, 3.05) is 0 Å². The lowest BCUT2D eigenvalue weighted by Crippen LogP contribution is -2.04. The van der Waals surface area contributed by atoms with Crippen LogP contribution in [-0.4, -0.2) is 0 Å². The van der Waals surface area contributed by atoms with Crippen molar-refractivity contribution in [3.05, 3.63) is 35.6 Å². The van der Waals surface area contributed by atoms with E-state index < -0.39 is 0 Å². The quantitative estimate of drug-likeness (QED) is 0.511. The van der Waals surface area contributed by atoms with Crippen LogP contribution in [0.5, 0.6) is 0 Å². The molecule has 0 spiro atoms. The molecule has 2 nitrogen and oxygen atoms in total. The number of nitrogens with one attached hydrogen (secondary N) is 1. The topological polar surface area (TPSA) is 35.8 Å². The lowest BCUT2D eigenvalue weighted by Gasteiger charge is -1.96. The molecule has 0 aliphatic rings. The molecule has 0 aliphatic carbocycles. The number of halogens is 1. The van der Waals surface area contributed by atoms with Gasteiger partial charge in [0.25, 0.3) is 0 Å². The first-order valence-electron chi connectivity index (χ1n) is 3.19. The third-order valence-corrected chi connectivity index (χ3v) is 1.26. The van der Waals surface area contributed by atoms with Gasteiger partial charge in [-0.2, -0.15) is 5.26 Å². The summed E-state index contributed by atoms with van der Waals surface area (Å²) in [6.45, 7) is 0.383. The number of hydrogen-bond acceptors (Lipinski definition) is 2. The van der Waals surface area contributed by atoms with Crippen LogP contribution in [-0.2, 0) is 6.54 Å². The molecule has 0 aliphatic heterocycles. The van der Waals surface area contributed by atoms with Gasteiger partial charge in [-0.15, -0.1) is 0 Å². The monoisotopic (exact) mass is 150 g/mol. The Balaban J connectivity index is 2.65. The summed E-state index contributed by atoms with van der Waals surface area (Å²) in [6, 6.07) is 6.14. The minimum Gasteiger partial charge on any atom is -0.319 e. The third-order valence-electron chi connectivity index (χ3n) is 1.26. The number of hydrogen-bond donors (Lipinski definition) is 1. The van der Waals surface area contributed by atoms with Crippen LogP contribution >= 0.6 is 0 Å². The Bertz CT molecular complexity index is 278. The molecule has 11 heavy (non-hydrogen) atoms. The number of rotatable bonds is 2. The van der Waals surface area contributed by atoms with Crippen LogP contribution in [0.4, 0.5) is 4.39 Å². The van der Waals surface area contributed by atoms with E-state index in [4.69, 9.17) is 5.26 Å². The molecule has 0 heterocycles. The van der Waals surface area contributed by atoms with Crippen LogP contribution in [0.2, 0.25) is 0 Å². The Morgan fingerprint density at radius 1 is 1.55 bits per heavy atom. The van der Waals surface area contributed by atoms with Gasteiger partial charge in [-0.05, 0) is 17.7 Å². The van der Waals surface area contributed by atoms with E-state index in [2.05, 4.69) is 5.32 Å². The SMILES string of the molecule is N#CNCc1cccc(F)c1. The van der Waals surface area contributed by atoms with Crippen molar-refractivity contribution in [1.82, 2.24) is 5.32 Å². The molecule has 0 bridgehead atoms. The van der Waals surface area contributed by atoms with Crippen molar-refractivity contribution in [3.8, 4) is 6.19 Å². The van der Waals surface area contributed by atoms with Crippen molar-refractivity contribution in [3.63, 3.8) is 0 Å². The largest absolute Gasteiger partial charge is 0.319 e.